The van der Waals surface area contributed by atoms with Crippen molar-refractivity contribution in [1.82, 2.24) is 4.90 Å². The number of unbranched alkanes of at least 4 members (excludes halogenated alkanes) is 2. The van der Waals surface area contributed by atoms with Crippen LogP contribution in [0.3, 0.4) is 0 Å². The van der Waals surface area contributed by atoms with Crippen LogP contribution in [0, 0.1) is 0 Å². The maximum atomic E-state index is 12.6. The summed E-state index contributed by atoms with van der Waals surface area (Å²) in [6.45, 7) is 5.97. The van der Waals surface area contributed by atoms with Crippen LogP contribution in [0.15, 0.2) is 24.3 Å². The number of benzene rings is 1. The molecule has 2 N–H and O–H groups in total. The first-order valence-corrected chi connectivity index (χ1v) is 8.15. The van der Waals surface area contributed by atoms with Gasteiger partial charge < -0.3 is 10.6 Å². The van der Waals surface area contributed by atoms with Crippen LogP contribution in [0.25, 0.3) is 0 Å². The largest absolute Gasteiger partial charge is 0.393 e. The molecule has 21 heavy (non-hydrogen) atoms. The Hall–Kier alpha value is -1.42. The van der Waals surface area contributed by atoms with Gasteiger partial charge in [0.1, 0.15) is 0 Å². The highest BCUT2D eigenvalue weighted by atomic mass is 32.1. The first kappa shape index (κ1) is 17.6. The molecule has 1 amide bonds. The van der Waals surface area contributed by atoms with Crippen LogP contribution < -0.4 is 5.73 Å². The summed E-state index contributed by atoms with van der Waals surface area (Å²) in [5.74, 6) is 0.124. The molecule has 4 heteroatoms. The zero-order valence-corrected chi connectivity index (χ0v) is 13.9. The Morgan fingerprint density at radius 3 is 2.05 bits per heavy atom. The maximum Gasteiger partial charge on any atom is 0.253 e. The van der Waals surface area contributed by atoms with Gasteiger partial charge in [0.15, 0.2) is 0 Å². The summed E-state index contributed by atoms with van der Waals surface area (Å²) in [7, 11) is 0. The Kier molecular flexibility index (Phi) is 7.98. The molecule has 0 saturated heterocycles. The number of hydrogen-bond donors (Lipinski definition) is 1. The van der Waals surface area contributed by atoms with E-state index in [2.05, 4.69) is 13.8 Å². The molecule has 1 rings (SSSR count). The van der Waals surface area contributed by atoms with Crippen molar-refractivity contribution < 1.29 is 4.79 Å². The third-order valence-corrected chi connectivity index (χ3v) is 3.57. The highest BCUT2D eigenvalue weighted by Crippen LogP contribution is 2.10. The summed E-state index contributed by atoms with van der Waals surface area (Å²) >= 11 is 4.90. The van der Waals surface area contributed by atoms with Crippen molar-refractivity contribution >= 4 is 23.1 Å². The SMILES string of the molecule is CCCCN(CCCC)C(=O)c1ccc(CC(N)=S)cc1. The molecule has 0 atom stereocenters. The van der Waals surface area contributed by atoms with Gasteiger partial charge in [-0.3, -0.25) is 4.79 Å². The molecule has 0 spiro atoms. The standard InChI is InChI=1S/C17H26N2OS/c1-3-5-11-19(12-6-4-2)17(20)15-9-7-14(8-10-15)13-16(18)21/h7-10H,3-6,11-13H2,1-2H3,(H2,18,21). The average Bonchev–Trinajstić information content (AvgIpc) is 2.47. The van der Waals surface area contributed by atoms with E-state index in [4.69, 9.17) is 18.0 Å². The van der Waals surface area contributed by atoms with Crippen LogP contribution in [0.1, 0.15) is 55.5 Å². The number of amides is 1. The molecule has 3 nitrogen and oxygen atoms in total. The number of carbonyl (C=O) groups excluding carboxylic acids is 1. The number of carbonyl (C=O) groups is 1. The maximum absolute atomic E-state index is 12.6. The van der Waals surface area contributed by atoms with Gasteiger partial charge in [-0.2, -0.15) is 0 Å². The van der Waals surface area contributed by atoms with Crippen LogP contribution in [0.2, 0.25) is 0 Å². The summed E-state index contributed by atoms with van der Waals surface area (Å²) in [5, 5.41) is 0. The molecular weight excluding hydrogens is 280 g/mol. The third kappa shape index (κ3) is 6.25. The van der Waals surface area contributed by atoms with Gasteiger partial charge in [-0.05, 0) is 30.5 Å². The fourth-order valence-electron chi connectivity index (χ4n) is 2.16. The summed E-state index contributed by atoms with van der Waals surface area (Å²) in [5.41, 5.74) is 7.33. The Morgan fingerprint density at radius 2 is 1.62 bits per heavy atom. The number of hydrogen-bond acceptors (Lipinski definition) is 2. The van der Waals surface area contributed by atoms with Crippen molar-refractivity contribution in [3.8, 4) is 0 Å². The molecule has 0 radical (unpaired) electrons. The molecule has 0 aliphatic rings. The lowest BCUT2D eigenvalue weighted by Gasteiger charge is -2.22. The van der Waals surface area contributed by atoms with E-state index in [9.17, 15) is 4.79 Å². The van der Waals surface area contributed by atoms with E-state index in [1.165, 1.54) is 0 Å². The average molecular weight is 306 g/mol. The summed E-state index contributed by atoms with van der Waals surface area (Å²) < 4.78 is 0. The van der Waals surface area contributed by atoms with Crippen LogP contribution in [0.5, 0.6) is 0 Å². The number of rotatable bonds is 9. The molecule has 0 unspecified atom stereocenters. The zero-order chi connectivity index (χ0) is 15.7. The second-order valence-corrected chi connectivity index (χ2v) is 5.86. The van der Waals surface area contributed by atoms with E-state index >= 15 is 0 Å². The van der Waals surface area contributed by atoms with Crippen molar-refractivity contribution in [2.75, 3.05) is 13.1 Å². The molecule has 1 aromatic carbocycles. The predicted molar refractivity (Wildman–Crippen MR) is 92.7 cm³/mol. The fraction of sp³-hybridized carbons (Fsp3) is 0.529. The molecule has 116 valence electrons. The second kappa shape index (κ2) is 9.50. The van der Waals surface area contributed by atoms with Crippen molar-refractivity contribution in [3.63, 3.8) is 0 Å². The minimum atomic E-state index is 0.124. The van der Waals surface area contributed by atoms with E-state index < -0.39 is 0 Å². The Labute approximate surface area is 133 Å². The molecule has 1 aromatic rings. The number of thiocarbonyl (C=S) groups is 1. The van der Waals surface area contributed by atoms with Crippen molar-refractivity contribution in [3.05, 3.63) is 35.4 Å². The van der Waals surface area contributed by atoms with Gasteiger partial charge in [-0.15, -0.1) is 0 Å². The van der Waals surface area contributed by atoms with Crippen molar-refractivity contribution in [2.24, 2.45) is 5.73 Å². The Bertz CT molecular complexity index is 448. The number of nitrogens with zero attached hydrogens (tertiary/aromatic N) is 1. The topological polar surface area (TPSA) is 46.3 Å². The lowest BCUT2D eigenvalue weighted by molar-refractivity contribution is 0.0751. The molecule has 0 saturated carbocycles. The summed E-state index contributed by atoms with van der Waals surface area (Å²) in [6.07, 6.45) is 4.88. The monoisotopic (exact) mass is 306 g/mol. The Morgan fingerprint density at radius 1 is 1.10 bits per heavy atom. The highest BCUT2D eigenvalue weighted by Gasteiger charge is 2.14. The van der Waals surface area contributed by atoms with Crippen molar-refractivity contribution in [1.29, 1.82) is 0 Å². The van der Waals surface area contributed by atoms with Crippen LogP contribution in [0.4, 0.5) is 0 Å². The molecule has 0 fully saturated rings. The van der Waals surface area contributed by atoms with E-state index in [1.807, 2.05) is 29.2 Å². The van der Waals surface area contributed by atoms with Crippen LogP contribution >= 0.6 is 12.2 Å². The second-order valence-electron chi connectivity index (χ2n) is 5.34. The van der Waals surface area contributed by atoms with Crippen LogP contribution in [-0.4, -0.2) is 28.9 Å². The first-order chi connectivity index (χ1) is 10.1. The van der Waals surface area contributed by atoms with Gasteiger partial charge in [0.05, 0.1) is 4.99 Å². The quantitative estimate of drug-likeness (QED) is 0.710. The number of nitrogens with two attached hydrogens (primary N) is 1. The minimum Gasteiger partial charge on any atom is -0.393 e. The highest BCUT2D eigenvalue weighted by molar-refractivity contribution is 7.80. The predicted octanol–water partition coefficient (Wildman–Crippen LogP) is 3.56. The van der Waals surface area contributed by atoms with E-state index in [0.29, 0.717) is 11.4 Å². The fourth-order valence-corrected chi connectivity index (χ4v) is 2.33. The molecule has 0 aliphatic heterocycles. The lowest BCUT2D eigenvalue weighted by atomic mass is 10.1. The van der Waals surface area contributed by atoms with E-state index in [-0.39, 0.29) is 5.91 Å². The van der Waals surface area contributed by atoms with Crippen LogP contribution in [-0.2, 0) is 6.42 Å². The molecule has 0 aromatic heterocycles. The summed E-state index contributed by atoms with van der Waals surface area (Å²) in [6, 6.07) is 7.62. The summed E-state index contributed by atoms with van der Waals surface area (Å²) in [4.78, 5) is 15.0. The van der Waals surface area contributed by atoms with Gasteiger partial charge >= 0.3 is 0 Å². The smallest absolute Gasteiger partial charge is 0.253 e. The van der Waals surface area contributed by atoms with Crippen molar-refractivity contribution in [2.45, 2.75) is 46.0 Å². The minimum absolute atomic E-state index is 0.124. The van der Waals surface area contributed by atoms with E-state index in [1.54, 1.807) is 0 Å². The Balaban J connectivity index is 2.74. The lowest BCUT2D eigenvalue weighted by Crippen LogP contribution is -2.32. The first-order valence-electron chi connectivity index (χ1n) is 7.75. The molecule has 0 bridgehead atoms. The zero-order valence-electron chi connectivity index (χ0n) is 13.1. The van der Waals surface area contributed by atoms with Gasteiger partial charge in [0, 0.05) is 25.1 Å². The molecular formula is C17H26N2OS. The molecule has 0 heterocycles. The van der Waals surface area contributed by atoms with Gasteiger partial charge in [-0.25, -0.2) is 0 Å². The normalized spacial score (nSPS) is 10.4. The third-order valence-electron chi connectivity index (χ3n) is 3.43. The van der Waals surface area contributed by atoms with Gasteiger partial charge in [-0.1, -0.05) is 51.0 Å². The van der Waals surface area contributed by atoms with Gasteiger partial charge in [0.25, 0.3) is 5.91 Å². The van der Waals surface area contributed by atoms with Gasteiger partial charge in [0.2, 0.25) is 0 Å². The molecule has 0 aliphatic carbocycles. The van der Waals surface area contributed by atoms with E-state index in [0.717, 1.165) is 49.9 Å².